The summed E-state index contributed by atoms with van der Waals surface area (Å²) < 4.78 is 0. The van der Waals surface area contributed by atoms with Gasteiger partial charge in [0.2, 0.25) is 0 Å². The lowest BCUT2D eigenvalue weighted by Crippen LogP contribution is -2.37. The molecule has 1 aromatic carbocycles. The van der Waals surface area contributed by atoms with Crippen molar-refractivity contribution >= 4 is 17.0 Å². The Morgan fingerprint density at radius 3 is 2.61 bits per heavy atom. The van der Waals surface area contributed by atoms with Crippen LogP contribution in [0.25, 0.3) is 0 Å². The second-order valence-corrected chi connectivity index (χ2v) is 5.87. The summed E-state index contributed by atoms with van der Waals surface area (Å²) >= 11 is 1.42. The number of thiophene rings is 1. The summed E-state index contributed by atoms with van der Waals surface area (Å²) in [5, 5.41) is 43.9. The van der Waals surface area contributed by atoms with Crippen LogP contribution in [-0.4, -0.2) is 27.8 Å². The van der Waals surface area contributed by atoms with Crippen LogP contribution in [0.3, 0.4) is 0 Å². The predicted molar refractivity (Wildman–Crippen MR) is 84.8 cm³/mol. The molecule has 120 valence electrons. The van der Waals surface area contributed by atoms with Crippen LogP contribution in [0.1, 0.15) is 22.1 Å². The van der Waals surface area contributed by atoms with Gasteiger partial charge in [0, 0.05) is 28.9 Å². The first-order valence-electron chi connectivity index (χ1n) is 6.79. The van der Waals surface area contributed by atoms with Crippen molar-refractivity contribution in [3.05, 3.63) is 61.8 Å². The molecule has 0 amide bonds. The summed E-state index contributed by atoms with van der Waals surface area (Å²) in [6, 6.07) is 8.71. The number of aliphatic hydroxyl groups excluding tert-OH is 2. The van der Waals surface area contributed by atoms with E-state index in [-0.39, 0.29) is 12.3 Å². The van der Waals surface area contributed by atoms with E-state index in [0.29, 0.717) is 17.7 Å². The summed E-state index contributed by atoms with van der Waals surface area (Å²) in [5.74, 6) is 0. The number of aliphatic hydroxyl groups is 2. The number of nitro benzene ring substituents is 1. The first-order valence-corrected chi connectivity index (χ1v) is 7.67. The first kappa shape index (κ1) is 17.1. The Morgan fingerprint density at radius 2 is 2.09 bits per heavy atom. The van der Waals surface area contributed by atoms with Crippen molar-refractivity contribution in [2.45, 2.75) is 18.7 Å². The van der Waals surface area contributed by atoms with Crippen molar-refractivity contribution in [2.75, 3.05) is 6.61 Å². The third-order valence-corrected chi connectivity index (χ3v) is 4.28. The van der Waals surface area contributed by atoms with Gasteiger partial charge in [0.25, 0.3) is 5.69 Å². The molecule has 0 aliphatic heterocycles. The molecule has 0 radical (unpaired) electrons. The molecule has 0 saturated carbocycles. The van der Waals surface area contributed by atoms with Crippen LogP contribution in [-0.2, 0) is 6.54 Å². The maximum Gasteiger partial charge on any atom is 0.269 e. The second-order valence-electron chi connectivity index (χ2n) is 4.88. The molecule has 2 unspecified atom stereocenters. The molecule has 1 aromatic heterocycles. The smallest absolute Gasteiger partial charge is 0.269 e. The number of non-ortho nitro benzene ring substituents is 1. The van der Waals surface area contributed by atoms with E-state index < -0.39 is 17.1 Å². The summed E-state index contributed by atoms with van der Waals surface area (Å²) in [4.78, 5) is 11.0. The van der Waals surface area contributed by atoms with Gasteiger partial charge in [-0.2, -0.15) is 5.26 Å². The SMILES string of the molecule is N#Cc1csc(CNC(CO)C(O)c2ccc([N+](=O)[O-])cc2)c1. The van der Waals surface area contributed by atoms with Crippen molar-refractivity contribution < 1.29 is 15.1 Å². The number of benzene rings is 1. The second kappa shape index (κ2) is 7.80. The lowest BCUT2D eigenvalue weighted by atomic mass is 10.0. The van der Waals surface area contributed by atoms with Gasteiger partial charge in [0.05, 0.1) is 29.2 Å². The molecule has 0 spiro atoms. The van der Waals surface area contributed by atoms with Gasteiger partial charge in [-0.25, -0.2) is 0 Å². The lowest BCUT2D eigenvalue weighted by molar-refractivity contribution is -0.384. The highest BCUT2D eigenvalue weighted by molar-refractivity contribution is 7.10. The molecule has 3 N–H and O–H groups in total. The van der Waals surface area contributed by atoms with Gasteiger partial charge in [-0.15, -0.1) is 11.3 Å². The van der Waals surface area contributed by atoms with E-state index in [1.54, 1.807) is 11.4 Å². The average molecular weight is 333 g/mol. The van der Waals surface area contributed by atoms with Gasteiger partial charge < -0.3 is 15.5 Å². The van der Waals surface area contributed by atoms with Crippen LogP contribution >= 0.6 is 11.3 Å². The standard InChI is InChI=1S/C15H15N3O4S/c16-6-10-5-13(23-9-10)7-17-14(8-19)15(20)11-1-3-12(4-2-11)18(21)22/h1-5,9,14-15,17,19-20H,7-8H2. The van der Waals surface area contributed by atoms with Gasteiger partial charge >= 0.3 is 0 Å². The third-order valence-electron chi connectivity index (χ3n) is 3.34. The highest BCUT2D eigenvalue weighted by Crippen LogP contribution is 2.21. The van der Waals surface area contributed by atoms with E-state index in [1.165, 1.54) is 35.6 Å². The quantitative estimate of drug-likeness (QED) is 0.524. The first-order chi connectivity index (χ1) is 11.0. The normalized spacial score (nSPS) is 13.3. The Bertz CT molecular complexity index is 708. The van der Waals surface area contributed by atoms with E-state index in [0.717, 1.165) is 4.88 Å². The van der Waals surface area contributed by atoms with E-state index in [9.17, 15) is 20.3 Å². The molecule has 0 aliphatic carbocycles. The van der Waals surface area contributed by atoms with Crippen LogP contribution in [0.5, 0.6) is 0 Å². The Morgan fingerprint density at radius 1 is 1.39 bits per heavy atom. The van der Waals surface area contributed by atoms with E-state index in [2.05, 4.69) is 5.32 Å². The van der Waals surface area contributed by atoms with Crippen molar-refractivity contribution in [1.82, 2.24) is 5.32 Å². The molecular weight excluding hydrogens is 318 g/mol. The maximum atomic E-state index is 10.6. The zero-order valence-electron chi connectivity index (χ0n) is 12.0. The van der Waals surface area contributed by atoms with Crippen LogP contribution < -0.4 is 5.32 Å². The minimum atomic E-state index is -1.00. The fourth-order valence-corrected chi connectivity index (χ4v) is 2.83. The molecule has 23 heavy (non-hydrogen) atoms. The predicted octanol–water partition coefficient (Wildman–Crippen LogP) is 1.71. The zero-order valence-corrected chi connectivity index (χ0v) is 12.9. The molecular formula is C15H15N3O4S. The largest absolute Gasteiger partial charge is 0.395 e. The molecule has 2 aromatic rings. The van der Waals surface area contributed by atoms with Crippen LogP contribution in [0.2, 0.25) is 0 Å². The number of nitrogens with zero attached hydrogens (tertiary/aromatic N) is 2. The fraction of sp³-hybridized carbons (Fsp3) is 0.267. The highest BCUT2D eigenvalue weighted by Gasteiger charge is 2.20. The summed E-state index contributed by atoms with van der Waals surface area (Å²) in [7, 11) is 0. The van der Waals surface area contributed by atoms with Crippen molar-refractivity contribution in [3.63, 3.8) is 0 Å². The summed E-state index contributed by atoms with van der Waals surface area (Å²) in [6.45, 7) is 0.107. The fourth-order valence-electron chi connectivity index (χ4n) is 2.07. The minimum Gasteiger partial charge on any atom is -0.395 e. The monoisotopic (exact) mass is 333 g/mol. The van der Waals surface area contributed by atoms with Gasteiger partial charge in [0.1, 0.15) is 6.07 Å². The number of hydrogen-bond donors (Lipinski definition) is 3. The molecule has 7 nitrogen and oxygen atoms in total. The van der Waals surface area contributed by atoms with E-state index >= 15 is 0 Å². The molecule has 0 aliphatic rings. The van der Waals surface area contributed by atoms with E-state index in [4.69, 9.17) is 5.26 Å². The van der Waals surface area contributed by atoms with E-state index in [1.807, 2.05) is 6.07 Å². The van der Waals surface area contributed by atoms with Crippen molar-refractivity contribution in [3.8, 4) is 6.07 Å². The Labute approximate surface area is 136 Å². The van der Waals surface area contributed by atoms with Crippen LogP contribution in [0.15, 0.2) is 35.7 Å². The topological polar surface area (TPSA) is 119 Å². The number of nitrogens with one attached hydrogen (secondary N) is 1. The third kappa shape index (κ3) is 4.34. The van der Waals surface area contributed by atoms with Gasteiger partial charge in [-0.05, 0) is 23.8 Å². The summed E-state index contributed by atoms with van der Waals surface area (Å²) in [5.41, 5.74) is 0.992. The van der Waals surface area contributed by atoms with Crippen molar-refractivity contribution in [2.24, 2.45) is 0 Å². The molecule has 0 bridgehead atoms. The number of nitriles is 1. The van der Waals surface area contributed by atoms with Gasteiger partial charge in [0.15, 0.2) is 0 Å². The Kier molecular flexibility index (Phi) is 5.78. The number of rotatable bonds is 7. The van der Waals surface area contributed by atoms with Crippen LogP contribution in [0, 0.1) is 21.4 Å². The molecule has 1 heterocycles. The highest BCUT2D eigenvalue weighted by atomic mass is 32.1. The molecule has 2 rings (SSSR count). The molecule has 2 atom stereocenters. The average Bonchev–Trinajstić information content (AvgIpc) is 3.03. The van der Waals surface area contributed by atoms with Gasteiger partial charge in [-0.1, -0.05) is 0 Å². The number of hydrogen-bond acceptors (Lipinski definition) is 7. The van der Waals surface area contributed by atoms with Crippen LogP contribution in [0.4, 0.5) is 5.69 Å². The molecule has 8 heteroatoms. The Hall–Kier alpha value is -2.31. The summed E-state index contributed by atoms with van der Waals surface area (Å²) in [6.07, 6.45) is -1.00. The maximum absolute atomic E-state index is 10.6. The van der Waals surface area contributed by atoms with Crippen molar-refractivity contribution in [1.29, 1.82) is 5.26 Å². The molecule has 0 fully saturated rings. The molecule has 0 saturated heterocycles. The lowest BCUT2D eigenvalue weighted by Gasteiger charge is -2.22. The minimum absolute atomic E-state index is 0.0583. The van der Waals surface area contributed by atoms with Gasteiger partial charge in [-0.3, -0.25) is 10.1 Å². The zero-order chi connectivity index (χ0) is 16.8. The number of nitro groups is 1. The Balaban J connectivity index is 2.01.